The van der Waals surface area contributed by atoms with E-state index in [-0.39, 0.29) is 12.3 Å². The van der Waals surface area contributed by atoms with Gasteiger partial charge in [0.25, 0.3) is 0 Å². The van der Waals surface area contributed by atoms with Gasteiger partial charge < -0.3 is 19.9 Å². The van der Waals surface area contributed by atoms with E-state index in [0.717, 1.165) is 60.6 Å². The molecule has 1 fully saturated rings. The second-order valence-electron chi connectivity index (χ2n) is 9.08. The number of nitrogens with zero attached hydrogens (tertiary/aromatic N) is 2. The summed E-state index contributed by atoms with van der Waals surface area (Å²) in [5, 5.41) is 12.9. The number of carboxylic acid groups (broad SMARTS) is 1. The monoisotopic (exact) mass is 459 g/mol. The SMILES string of the molecule is COc1ccc(C2(CC(=O)O)CC2c2ccc(OCCc3ccc4c(n3)NCCC4)cc2)cn1. The van der Waals surface area contributed by atoms with Crippen molar-refractivity contribution in [2.24, 2.45) is 0 Å². The molecule has 2 aliphatic rings. The standard InChI is InChI=1S/C27H29N3O4/c1-33-24-11-7-20(17-29-24)27(16-25(31)32)15-23(27)18-5-9-22(10-6-18)34-14-12-21-8-4-19-3-2-13-28-26(19)30-21/h4-11,17,23H,2-3,12-16H2,1H3,(H,28,30)(H,31,32). The Kier molecular flexibility index (Phi) is 6.09. The molecule has 1 aliphatic heterocycles. The van der Waals surface area contributed by atoms with E-state index < -0.39 is 11.4 Å². The zero-order valence-corrected chi connectivity index (χ0v) is 19.3. The molecule has 7 nitrogen and oxygen atoms in total. The molecule has 5 rings (SSSR count). The summed E-state index contributed by atoms with van der Waals surface area (Å²) in [5.74, 6) is 1.67. The molecule has 0 radical (unpaired) electrons. The highest BCUT2D eigenvalue weighted by atomic mass is 16.5. The van der Waals surface area contributed by atoms with Gasteiger partial charge in [-0.2, -0.15) is 0 Å². The number of nitrogens with one attached hydrogen (secondary N) is 1. The number of aliphatic carboxylic acids is 1. The molecule has 2 aromatic heterocycles. The summed E-state index contributed by atoms with van der Waals surface area (Å²) < 4.78 is 11.1. The smallest absolute Gasteiger partial charge is 0.304 e. The average Bonchev–Trinajstić information content (AvgIpc) is 3.58. The maximum absolute atomic E-state index is 11.6. The fraction of sp³-hybridized carbons (Fsp3) is 0.370. The second-order valence-corrected chi connectivity index (χ2v) is 9.08. The molecule has 2 unspecified atom stereocenters. The van der Waals surface area contributed by atoms with Gasteiger partial charge in [0.1, 0.15) is 11.6 Å². The Bertz CT molecular complexity index is 1160. The van der Waals surface area contributed by atoms with E-state index >= 15 is 0 Å². The number of aryl methyl sites for hydroxylation is 1. The van der Waals surface area contributed by atoms with E-state index in [9.17, 15) is 9.90 Å². The summed E-state index contributed by atoms with van der Waals surface area (Å²) in [6, 6.07) is 16.0. The maximum atomic E-state index is 11.6. The molecule has 1 aliphatic carbocycles. The van der Waals surface area contributed by atoms with Crippen LogP contribution in [-0.4, -0.2) is 41.3 Å². The first-order valence-corrected chi connectivity index (χ1v) is 11.8. The largest absolute Gasteiger partial charge is 0.493 e. The van der Waals surface area contributed by atoms with Gasteiger partial charge in [-0.05, 0) is 60.1 Å². The topological polar surface area (TPSA) is 93.6 Å². The highest BCUT2D eigenvalue weighted by Gasteiger charge is 2.57. The Morgan fingerprint density at radius 3 is 2.76 bits per heavy atom. The van der Waals surface area contributed by atoms with E-state index in [4.69, 9.17) is 14.5 Å². The zero-order chi connectivity index (χ0) is 23.5. The third-order valence-electron chi connectivity index (χ3n) is 6.92. The van der Waals surface area contributed by atoms with Crippen molar-refractivity contribution in [3.8, 4) is 11.6 Å². The fourth-order valence-electron chi connectivity index (χ4n) is 5.00. The predicted octanol–water partition coefficient (Wildman–Crippen LogP) is 4.36. The maximum Gasteiger partial charge on any atom is 0.304 e. The molecule has 34 heavy (non-hydrogen) atoms. The van der Waals surface area contributed by atoms with Crippen molar-refractivity contribution in [2.75, 3.05) is 25.6 Å². The van der Waals surface area contributed by atoms with Gasteiger partial charge in [-0.15, -0.1) is 0 Å². The molecule has 0 bridgehead atoms. The van der Waals surface area contributed by atoms with Crippen molar-refractivity contribution < 1.29 is 19.4 Å². The molecule has 2 atom stereocenters. The zero-order valence-electron chi connectivity index (χ0n) is 19.3. The number of hydrogen-bond acceptors (Lipinski definition) is 6. The summed E-state index contributed by atoms with van der Waals surface area (Å²) in [6.07, 6.45) is 5.58. The number of fused-ring (bicyclic) bond motifs is 1. The van der Waals surface area contributed by atoms with Crippen LogP contribution in [0.3, 0.4) is 0 Å². The minimum atomic E-state index is -0.802. The number of rotatable bonds is 9. The molecule has 7 heteroatoms. The van der Waals surface area contributed by atoms with Crippen molar-refractivity contribution in [1.29, 1.82) is 0 Å². The van der Waals surface area contributed by atoms with Crippen LogP contribution in [-0.2, 0) is 23.1 Å². The summed E-state index contributed by atoms with van der Waals surface area (Å²) in [4.78, 5) is 20.6. The van der Waals surface area contributed by atoms with Crippen molar-refractivity contribution in [2.45, 2.75) is 43.4 Å². The molecule has 0 saturated heterocycles. The van der Waals surface area contributed by atoms with Crippen molar-refractivity contribution in [1.82, 2.24) is 9.97 Å². The fourth-order valence-corrected chi connectivity index (χ4v) is 5.00. The van der Waals surface area contributed by atoms with Crippen LogP contribution >= 0.6 is 0 Å². The van der Waals surface area contributed by atoms with Gasteiger partial charge in [0.15, 0.2) is 0 Å². The van der Waals surface area contributed by atoms with Crippen LogP contribution in [0.15, 0.2) is 54.7 Å². The first kappa shape index (κ1) is 22.2. The molecule has 2 N–H and O–H groups in total. The lowest BCUT2D eigenvalue weighted by Crippen LogP contribution is -2.16. The molecule has 3 aromatic rings. The number of anilines is 1. The number of hydrogen-bond donors (Lipinski definition) is 2. The molecular formula is C27H29N3O4. The molecule has 1 saturated carbocycles. The lowest BCUT2D eigenvalue weighted by molar-refractivity contribution is -0.137. The Morgan fingerprint density at radius 2 is 2.03 bits per heavy atom. The average molecular weight is 460 g/mol. The molecule has 176 valence electrons. The van der Waals surface area contributed by atoms with Crippen LogP contribution < -0.4 is 14.8 Å². The van der Waals surface area contributed by atoms with Gasteiger partial charge >= 0.3 is 5.97 Å². The highest BCUT2D eigenvalue weighted by molar-refractivity contribution is 5.71. The van der Waals surface area contributed by atoms with Gasteiger partial charge in [0, 0.05) is 36.3 Å². The number of carbonyl (C=O) groups is 1. The lowest BCUT2D eigenvalue weighted by Gasteiger charge is -2.17. The van der Waals surface area contributed by atoms with Crippen molar-refractivity contribution in [3.05, 3.63) is 77.1 Å². The van der Waals surface area contributed by atoms with Crippen LogP contribution in [0, 0.1) is 0 Å². The number of carboxylic acids is 1. The summed E-state index contributed by atoms with van der Waals surface area (Å²) in [5.41, 5.74) is 3.94. The van der Waals surface area contributed by atoms with Gasteiger partial charge in [0.05, 0.1) is 20.1 Å². The normalized spacial score (nSPS) is 20.7. The van der Waals surface area contributed by atoms with Gasteiger partial charge in [-0.3, -0.25) is 4.79 Å². The highest BCUT2D eigenvalue weighted by Crippen LogP contribution is 2.62. The quantitative estimate of drug-likeness (QED) is 0.491. The van der Waals surface area contributed by atoms with Gasteiger partial charge in [-0.1, -0.05) is 24.3 Å². The van der Waals surface area contributed by atoms with Crippen molar-refractivity contribution in [3.63, 3.8) is 0 Å². The first-order chi connectivity index (χ1) is 16.6. The number of benzene rings is 1. The Labute approximate surface area is 199 Å². The van der Waals surface area contributed by atoms with Crippen LogP contribution in [0.1, 0.15) is 47.6 Å². The van der Waals surface area contributed by atoms with E-state index in [0.29, 0.717) is 12.5 Å². The lowest BCUT2D eigenvalue weighted by atomic mass is 9.89. The van der Waals surface area contributed by atoms with Crippen LogP contribution in [0.5, 0.6) is 11.6 Å². The van der Waals surface area contributed by atoms with E-state index in [1.54, 1.807) is 19.4 Å². The van der Waals surface area contributed by atoms with E-state index in [1.807, 2.05) is 30.3 Å². The van der Waals surface area contributed by atoms with Crippen molar-refractivity contribution >= 4 is 11.8 Å². The number of pyridine rings is 2. The summed E-state index contributed by atoms with van der Waals surface area (Å²) in [7, 11) is 1.57. The van der Waals surface area contributed by atoms with E-state index in [2.05, 4.69) is 22.4 Å². The number of methoxy groups -OCH3 is 1. The third-order valence-corrected chi connectivity index (χ3v) is 6.92. The van der Waals surface area contributed by atoms with Gasteiger partial charge in [0.2, 0.25) is 5.88 Å². The number of ether oxygens (including phenoxy) is 2. The predicted molar refractivity (Wildman–Crippen MR) is 129 cm³/mol. The minimum absolute atomic E-state index is 0.0760. The van der Waals surface area contributed by atoms with Crippen LogP contribution in [0.2, 0.25) is 0 Å². The number of aromatic nitrogens is 2. The van der Waals surface area contributed by atoms with Crippen LogP contribution in [0.4, 0.5) is 5.82 Å². The van der Waals surface area contributed by atoms with Crippen LogP contribution in [0.25, 0.3) is 0 Å². The molecular weight excluding hydrogens is 430 g/mol. The Balaban J connectivity index is 1.21. The molecule has 1 aromatic carbocycles. The molecule has 0 amide bonds. The second kappa shape index (κ2) is 9.33. The molecule has 0 spiro atoms. The summed E-state index contributed by atoms with van der Waals surface area (Å²) >= 11 is 0. The Hall–Kier alpha value is -3.61. The van der Waals surface area contributed by atoms with E-state index in [1.165, 1.54) is 5.56 Å². The molecule has 3 heterocycles. The first-order valence-electron chi connectivity index (χ1n) is 11.8. The Morgan fingerprint density at radius 1 is 1.18 bits per heavy atom. The van der Waals surface area contributed by atoms with Gasteiger partial charge in [-0.25, -0.2) is 9.97 Å². The summed E-state index contributed by atoms with van der Waals surface area (Å²) in [6.45, 7) is 1.53. The third kappa shape index (κ3) is 4.55. The minimum Gasteiger partial charge on any atom is -0.493 e.